The molecule has 1 saturated heterocycles. The van der Waals surface area contributed by atoms with Crippen LogP contribution in [0.5, 0.6) is 5.88 Å². The van der Waals surface area contributed by atoms with E-state index in [0.717, 1.165) is 61.8 Å². The number of nitrogens with zero attached hydrogens (tertiary/aromatic N) is 5. The van der Waals surface area contributed by atoms with Crippen LogP contribution in [0.1, 0.15) is 75.7 Å². The zero-order valence-electron chi connectivity index (χ0n) is 22.0. The molecule has 200 valence electrons. The number of amides is 1. The lowest BCUT2D eigenvalue weighted by molar-refractivity contribution is 0.00508. The number of piperazine rings is 1. The Bertz CT molecular complexity index is 1160. The summed E-state index contributed by atoms with van der Waals surface area (Å²) in [6, 6.07) is 2.47. The number of aryl methyl sites for hydroxylation is 1. The van der Waals surface area contributed by atoms with Crippen molar-refractivity contribution in [2.45, 2.75) is 95.5 Å². The van der Waals surface area contributed by atoms with Crippen molar-refractivity contribution < 1.29 is 19.4 Å². The normalized spacial score (nSPS) is 25.5. The van der Waals surface area contributed by atoms with E-state index in [1.165, 1.54) is 10.4 Å². The lowest BCUT2D eigenvalue weighted by Crippen LogP contribution is -2.53. The molecule has 0 spiro atoms. The topological polar surface area (TPSA) is 112 Å². The number of ether oxygens (including phenoxy) is 2. The van der Waals surface area contributed by atoms with E-state index in [4.69, 9.17) is 14.7 Å². The summed E-state index contributed by atoms with van der Waals surface area (Å²) in [6.07, 6.45) is 6.89. The first-order valence-electron chi connectivity index (χ1n) is 13.4. The van der Waals surface area contributed by atoms with Gasteiger partial charge in [-0.3, -0.25) is 4.90 Å². The molecule has 0 aromatic carbocycles. The van der Waals surface area contributed by atoms with E-state index in [1.807, 2.05) is 31.7 Å². The van der Waals surface area contributed by atoms with E-state index in [1.54, 1.807) is 17.7 Å². The van der Waals surface area contributed by atoms with Crippen LogP contribution in [0.3, 0.4) is 0 Å². The van der Waals surface area contributed by atoms with Crippen LogP contribution in [0.15, 0.2) is 6.33 Å². The van der Waals surface area contributed by atoms with E-state index in [-0.39, 0.29) is 18.1 Å². The molecule has 10 heteroatoms. The van der Waals surface area contributed by atoms with Crippen molar-refractivity contribution >= 4 is 27.6 Å². The molecule has 0 radical (unpaired) electrons. The molecular formula is C27H37N5O4S. The van der Waals surface area contributed by atoms with Gasteiger partial charge in [-0.2, -0.15) is 5.26 Å². The third-order valence-electron chi connectivity index (χ3n) is 7.76. The van der Waals surface area contributed by atoms with Gasteiger partial charge < -0.3 is 19.5 Å². The summed E-state index contributed by atoms with van der Waals surface area (Å²) in [5.74, 6) is 0.789. The molecule has 1 amide bonds. The Kier molecular flexibility index (Phi) is 7.57. The molecule has 1 unspecified atom stereocenters. The van der Waals surface area contributed by atoms with Crippen LogP contribution < -0.4 is 4.74 Å². The lowest BCUT2D eigenvalue weighted by atomic mass is 9.91. The second-order valence-electron chi connectivity index (χ2n) is 11.5. The van der Waals surface area contributed by atoms with Crippen LogP contribution in [0, 0.1) is 11.3 Å². The molecular weight excluding hydrogens is 490 g/mol. The number of aliphatic hydroxyl groups excluding tert-OH is 1. The molecule has 1 aliphatic heterocycles. The maximum absolute atomic E-state index is 12.4. The number of nitriles is 1. The predicted molar refractivity (Wildman–Crippen MR) is 141 cm³/mol. The van der Waals surface area contributed by atoms with Crippen molar-refractivity contribution in [1.82, 2.24) is 19.8 Å². The maximum atomic E-state index is 12.4. The first kappa shape index (κ1) is 26.1. The third-order valence-corrected chi connectivity index (χ3v) is 8.93. The van der Waals surface area contributed by atoms with Gasteiger partial charge in [-0.25, -0.2) is 14.8 Å². The van der Waals surface area contributed by atoms with Crippen molar-refractivity contribution in [3.8, 4) is 11.9 Å². The van der Waals surface area contributed by atoms with E-state index in [2.05, 4.69) is 14.9 Å². The number of aliphatic hydroxyl groups is 1. The van der Waals surface area contributed by atoms with Crippen LogP contribution >= 0.6 is 11.3 Å². The Morgan fingerprint density at radius 2 is 1.92 bits per heavy atom. The number of rotatable bonds is 5. The third kappa shape index (κ3) is 5.84. The monoisotopic (exact) mass is 527 g/mol. The Balaban J connectivity index is 1.18. The molecule has 9 nitrogen and oxygen atoms in total. The molecule has 3 heterocycles. The van der Waals surface area contributed by atoms with Crippen LogP contribution in [0.2, 0.25) is 0 Å². The number of fused-ring (bicyclic) bond motifs is 3. The number of aromatic nitrogens is 2. The molecule has 0 bridgehead atoms. The summed E-state index contributed by atoms with van der Waals surface area (Å²) in [7, 11) is 0. The minimum absolute atomic E-state index is 0.109. The van der Waals surface area contributed by atoms with E-state index in [0.29, 0.717) is 31.4 Å². The number of carbonyl (C=O) groups excluding carboxylic acids is 1. The van der Waals surface area contributed by atoms with Gasteiger partial charge in [0.15, 0.2) is 0 Å². The van der Waals surface area contributed by atoms with Crippen molar-refractivity contribution in [3.63, 3.8) is 0 Å². The first-order valence-corrected chi connectivity index (χ1v) is 14.3. The number of carbonyl (C=O) groups is 1. The highest BCUT2D eigenvalue weighted by Crippen LogP contribution is 2.47. The summed E-state index contributed by atoms with van der Waals surface area (Å²) in [4.78, 5) is 28.0. The molecule has 37 heavy (non-hydrogen) atoms. The lowest BCUT2D eigenvalue weighted by Gasteiger charge is -2.42. The first-order chi connectivity index (χ1) is 17.7. The Hall–Kier alpha value is -2.48. The summed E-state index contributed by atoms with van der Waals surface area (Å²) in [6.45, 7) is 8.86. The van der Waals surface area contributed by atoms with Gasteiger partial charge in [0.1, 0.15) is 29.0 Å². The van der Waals surface area contributed by atoms with E-state index < -0.39 is 11.7 Å². The van der Waals surface area contributed by atoms with Gasteiger partial charge in [0.05, 0.1) is 11.5 Å². The summed E-state index contributed by atoms with van der Waals surface area (Å²) in [5, 5.41) is 20.0. The molecule has 2 aromatic heterocycles. The highest BCUT2D eigenvalue weighted by molar-refractivity contribution is 7.19. The fourth-order valence-electron chi connectivity index (χ4n) is 5.97. The number of thiophene rings is 1. The van der Waals surface area contributed by atoms with Gasteiger partial charge >= 0.3 is 6.09 Å². The molecule has 1 N–H and O–H groups in total. The zero-order chi connectivity index (χ0) is 26.2. The molecule has 2 aliphatic carbocycles. The van der Waals surface area contributed by atoms with Gasteiger partial charge in [-0.1, -0.05) is 0 Å². The highest BCUT2D eigenvalue weighted by atomic mass is 32.1. The number of hydrogen-bond acceptors (Lipinski definition) is 9. The standard InChI is InChI=1S/C27H37N5O4S/c1-27(2,3)36-26(34)32-12-10-31(11-13-32)18-5-7-20(8-6-18)35-24-23-22-17(14-19(33)15-28)4-9-21(22)37-25(23)30-16-29-24/h16-20,33H,4-14H2,1-3H3/t17-,18-,19?,20-/m1/s1. The van der Waals surface area contributed by atoms with Gasteiger partial charge in [-0.15, -0.1) is 11.3 Å². The second kappa shape index (κ2) is 10.7. The SMILES string of the molecule is CC(C)(C)OC(=O)N1CCN([C@H]2CC[C@H](Oc3ncnc4sc5c(c34)[C@@H](CC(O)C#N)CC5)CC2)CC1. The van der Waals surface area contributed by atoms with Crippen molar-refractivity contribution in [3.05, 3.63) is 16.8 Å². The molecule has 1 saturated carbocycles. The van der Waals surface area contributed by atoms with E-state index >= 15 is 0 Å². The van der Waals surface area contributed by atoms with Gasteiger partial charge in [-0.05, 0) is 77.2 Å². The van der Waals surface area contributed by atoms with Crippen molar-refractivity contribution in [1.29, 1.82) is 5.26 Å². The smallest absolute Gasteiger partial charge is 0.410 e. The summed E-state index contributed by atoms with van der Waals surface area (Å²) < 4.78 is 12.0. The van der Waals surface area contributed by atoms with Crippen LogP contribution in [-0.4, -0.2) is 81.0 Å². The Morgan fingerprint density at radius 3 is 2.59 bits per heavy atom. The second-order valence-corrected chi connectivity index (χ2v) is 12.5. The molecule has 3 aliphatic rings. The minimum Gasteiger partial charge on any atom is -0.474 e. The summed E-state index contributed by atoms with van der Waals surface area (Å²) >= 11 is 1.69. The van der Waals surface area contributed by atoms with Gasteiger partial charge in [0.2, 0.25) is 5.88 Å². The average Bonchev–Trinajstić information content (AvgIpc) is 3.43. The van der Waals surface area contributed by atoms with E-state index in [9.17, 15) is 9.90 Å². The van der Waals surface area contributed by atoms with Crippen LogP contribution in [0.25, 0.3) is 10.2 Å². The van der Waals surface area contributed by atoms with Gasteiger partial charge in [0.25, 0.3) is 0 Å². The van der Waals surface area contributed by atoms with Crippen molar-refractivity contribution in [2.24, 2.45) is 0 Å². The maximum Gasteiger partial charge on any atom is 0.410 e. The fourth-order valence-corrected chi connectivity index (χ4v) is 7.20. The molecule has 2 atom stereocenters. The largest absolute Gasteiger partial charge is 0.474 e. The Labute approximate surface area is 222 Å². The Morgan fingerprint density at radius 1 is 1.19 bits per heavy atom. The zero-order valence-corrected chi connectivity index (χ0v) is 22.8. The van der Waals surface area contributed by atoms with Crippen LogP contribution in [-0.2, 0) is 11.2 Å². The highest BCUT2D eigenvalue weighted by Gasteiger charge is 2.34. The van der Waals surface area contributed by atoms with Crippen LogP contribution in [0.4, 0.5) is 4.79 Å². The minimum atomic E-state index is -0.957. The predicted octanol–water partition coefficient (Wildman–Crippen LogP) is 4.24. The molecule has 5 rings (SSSR count). The summed E-state index contributed by atoms with van der Waals surface area (Å²) in [5.41, 5.74) is 0.713. The molecule has 2 aromatic rings. The quantitative estimate of drug-likeness (QED) is 0.575. The molecule has 2 fully saturated rings. The van der Waals surface area contributed by atoms with Crippen molar-refractivity contribution in [2.75, 3.05) is 26.2 Å². The fraction of sp³-hybridized carbons (Fsp3) is 0.704. The number of hydrogen-bond donors (Lipinski definition) is 1. The van der Waals surface area contributed by atoms with Gasteiger partial charge in [0, 0.05) is 37.1 Å². The average molecular weight is 528 g/mol.